The molecule has 0 saturated heterocycles. The van der Waals surface area contributed by atoms with E-state index in [0.717, 1.165) is 29.9 Å². The number of hydrazone groups is 1. The maximum Gasteiger partial charge on any atom is 0.257 e. The SMILES string of the molecule is CCN(CC)CC(=O)N1N=C(c2ccc(OC)cc2OC)C[C@H]1c1ccc(OC)cc1OC. The summed E-state index contributed by atoms with van der Waals surface area (Å²) >= 11 is 0. The van der Waals surface area contributed by atoms with Gasteiger partial charge in [-0.25, -0.2) is 5.01 Å². The molecular weight excluding hydrogens is 422 g/mol. The number of likely N-dealkylation sites (N-methyl/N-ethyl adjacent to an activating group) is 1. The minimum absolute atomic E-state index is 0.0657. The fraction of sp³-hybridized carbons (Fsp3) is 0.440. The standard InChI is InChI=1S/C25H33N3O5/c1-7-27(8-2)16-25(29)28-22(20-12-10-18(31-4)14-24(20)33-6)15-21(26-28)19-11-9-17(30-3)13-23(19)32-5/h9-14,22H,7-8,15-16H2,1-6H3/t22-/m0/s1. The number of rotatable bonds is 10. The molecule has 8 nitrogen and oxygen atoms in total. The van der Waals surface area contributed by atoms with Crippen LogP contribution in [0, 0.1) is 0 Å². The molecule has 0 unspecified atom stereocenters. The number of nitrogens with zero attached hydrogens (tertiary/aromatic N) is 3. The van der Waals surface area contributed by atoms with Crippen LogP contribution in [0.25, 0.3) is 0 Å². The summed E-state index contributed by atoms with van der Waals surface area (Å²) in [6.45, 7) is 5.95. The molecule has 0 bridgehead atoms. The van der Waals surface area contributed by atoms with Crippen molar-refractivity contribution in [3.05, 3.63) is 47.5 Å². The third-order valence-corrected chi connectivity index (χ3v) is 5.94. The van der Waals surface area contributed by atoms with Crippen LogP contribution >= 0.6 is 0 Å². The van der Waals surface area contributed by atoms with Gasteiger partial charge in [-0.15, -0.1) is 0 Å². The molecule has 3 rings (SSSR count). The van der Waals surface area contributed by atoms with Crippen molar-refractivity contribution in [3.63, 3.8) is 0 Å². The Labute approximate surface area is 195 Å². The molecule has 0 N–H and O–H groups in total. The minimum atomic E-state index is -0.310. The van der Waals surface area contributed by atoms with Crippen molar-refractivity contribution in [3.8, 4) is 23.0 Å². The van der Waals surface area contributed by atoms with Gasteiger partial charge in [0.15, 0.2) is 0 Å². The Hall–Kier alpha value is -3.26. The molecule has 0 spiro atoms. The first-order chi connectivity index (χ1) is 16.0. The van der Waals surface area contributed by atoms with Gasteiger partial charge in [0.05, 0.1) is 46.7 Å². The lowest BCUT2D eigenvalue weighted by molar-refractivity contribution is -0.134. The molecule has 0 radical (unpaired) electrons. The van der Waals surface area contributed by atoms with Crippen molar-refractivity contribution >= 4 is 11.6 Å². The topological polar surface area (TPSA) is 72.8 Å². The number of carbonyl (C=O) groups is 1. The number of methoxy groups -OCH3 is 4. The van der Waals surface area contributed by atoms with E-state index >= 15 is 0 Å². The quantitative estimate of drug-likeness (QED) is 0.544. The molecule has 2 aromatic rings. The molecule has 1 aliphatic rings. The second-order valence-electron chi connectivity index (χ2n) is 7.64. The van der Waals surface area contributed by atoms with Gasteiger partial charge in [0.1, 0.15) is 23.0 Å². The maximum atomic E-state index is 13.4. The predicted octanol–water partition coefficient (Wildman–Crippen LogP) is 3.74. The number of hydrogen-bond donors (Lipinski definition) is 0. The molecular formula is C25H33N3O5. The summed E-state index contributed by atoms with van der Waals surface area (Å²) in [5, 5.41) is 6.37. The number of benzene rings is 2. The van der Waals surface area contributed by atoms with Crippen molar-refractivity contribution < 1.29 is 23.7 Å². The lowest BCUT2D eigenvalue weighted by Gasteiger charge is -2.26. The number of ether oxygens (including phenoxy) is 4. The summed E-state index contributed by atoms with van der Waals surface area (Å²) in [4.78, 5) is 15.4. The Balaban J connectivity index is 2.04. The summed E-state index contributed by atoms with van der Waals surface area (Å²) in [6, 6.07) is 10.9. The Morgan fingerprint density at radius 3 is 2.12 bits per heavy atom. The zero-order valence-electron chi connectivity index (χ0n) is 20.3. The van der Waals surface area contributed by atoms with Gasteiger partial charge in [-0.3, -0.25) is 9.69 Å². The summed E-state index contributed by atoms with van der Waals surface area (Å²) < 4.78 is 21.9. The van der Waals surface area contributed by atoms with Gasteiger partial charge in [-0.2, -0.15) is 5.10 Å². The molecule has 8 heteroatoms. The smallest absolute Gasteiger partial charge is 0.257 e. The average molecular weight is 456 g/mol. The third-order valence-electron chi connectivity index (χ3n) is 5.94. The van der Waals surface area contributed by atoms with Gasteiger partial charge in [0.2, 0.25) is 0 Å². The van der Waals surface area contributed by atoms with E-state index in [1.165, 1.54) is 0 Å². The molecule has 1 amide bonds. The fourth-order valence-corrected chi connectivity index (χ4v) is 3.99. The third kappa shape index (κ3) is 5.22. The first-order valence-electron chi connectivity index (χ1n) is 11.1. The van der Waals surface area contributed by atoms with Crippen LogP contribution in [-0.4, -0.2) is 69.6 Å². The molecule has 1 atom stereocenters. The summed E-state index contributed by atoms with van der Waals surface area (Å²) in [5.41, 5.74) is 2.47. The molecule has 33 heavy (non-hydrogen) atoms. The number of carbonyl (C=O) groups excluding carboxylic acids is 1. The fourth-order valence-electron chi connectivity index (χ4n) is 3.99. The van der Waals surface area contributed by atoms with Crippen LogP contribution in [0.4, 0.5) is 0 Å². The largest absolute Gasteiger partial charge is 0.497 e. The van der Waals surface area contributed by atoms with E-state index in [4.69, 9.17) is 24.0 Å². The molecule has 1 heterocycles. The van der Waals surface area contributed by atoms with E-state index in [1.807, 2.05) is 50.2 Å². The highest BCUT2D eigenvalue weighted by Gasteiger charge is 2.36. The van der Waals surface area contributed by atoms with E-state index in [-0.39, 0.29) is 11.9 Å². The minimum Gasteiger partial charge on any atom is -0.497 e. The highest BCUT2D eigenvalue weighted by Crippen LogP contribution is 2.40. The van der Waals surface area contributed by atoms with Crippen LogP contribution in [-0.2, 0) is 4.79 Å². The van der Waals surface area contributed by atoms with Crippen LogP contribution in [0.1, 0.15) is 37.4 Å². The zero-order valence-corrected chi connectivity index (χ0v) is 20.3. The van der Waals surface area contributed by atoms with E-state index < -0.39 is 0 Å². The van der Waals surface area contributed by atoms with E-state index in [9.17, 15) is 4.79 Å². The van der Waals surface area contributed by atoms with Gasteiger partial charge in [-0.1, -0.05) is 13.8 Å². The summed E-state index contributed by atoms with van der Waals surface area (Å²) in [5.74, 6) is 2.61. The molecule has 0 saturated carbocycles. The molecule has 0 fully saturated rings. The summed E-state index contributed by atoms with van der Waals surface area (Å²) in [7, 11) is 6.45. The Morgan fingerprint density at radius 1 is 0.939 bits per heavy atom. The maximum absolute atomic E-state index is 13.4. The molecule has 0 aromatic heterocycles. The number of hydrogen-bond acceptors (Lipinski definition) is 7. The van der Waals surface area contributed by atoms with Crippen LogP contribution < -0.4 is 18.9 Å². The van der Waals surface area contributed by atoms with Crippen molar-refractivity contribution in [2.75, 3.05) is 48.1 Å². The lowest BCUT2D eigenvalue weighted by Crippen LogP contribution is -2.38. The first-order valence-corrected chi connectivity index (χ1v) is 11.1. The highest BCUT2D eigenvalue weighted by molar-refractivity contribution is 6.05. The summed E-state index contributed by atoms with van der Waals surface area (Å²) in [6.07, 6.45) is 0.523. The lowest BCUT2D eigenvalue weighted by atomic mass is 9.97. The predicted molar refractivity (Wildman–Crippen MR) is 128 cm³/mol. The second-order valence-corrected chi connectivity index (χ2v) is 7.64. The van der Waals surface area contributed by atoms with Crippen molar-refractivity contribution in [2.45, 2.75) is 26.3 Å². The van der Waals surface area contributed by atoms with Crippen LogP contribution in [0.15, 0.2) is 41.5 Å². The van der Waals surface area contributed by atoms with E-state index in [1.54, 1.807) is 33.4 Å². The normalized spacial score (nSPS) is 15.4. The van der Waals surface area contributed by atoms with Crippen molar-refractivity contribution in [1.29, 1.82) is 0 Å². The van der Waals surface area contributed by atoms with Gasteiger partial charge in [0, 0.05) is 29.7 Å². The molecule has 1 aliphatic heterocycles. The van der Waals surface area contributed by atoms with Crippen LogP contribution in [0.2, 0.25) is 0 Å². The molecule has 2 aromatic carbocycles. The average Bonchev–Trinajstić information content (AvgIpc) is 3.31. The van der Waals surface area contributed by atoms with Crippen LogP contribution in [0.3, 0.4) is 0 Å². The van der Waals surface area contributed by atoms with Crippen LogP contribution in [0.5, 0.6) is 23.0 Å². The monoisotopic (exact) mass is 455 g/mol. The Morgan fingerprint density at radius 2 is 1.55 bits per heavy atom. The van der Waals surface area contributed by atoms with E-state index in [2.05, 4.69) is 4.90 Å². The van der Waals surface area contributed by atoms with Gasteiger partial charge in [-0.05, 0) is 37.4 Å². The van der Waals surface area contributed by atoms with Gasteiger partial charge < -0.3 is 18.9 Å². The highest BCUT2D eigenvalue weighted by atomic mass is 16.5. The number of amides is 1. The van der Waals surface area contributed by atoms with Crippen molar-refractivity contribution in [2.24, 2.45) is 5.10 Å². The van der Waals surface area contributed by atoms with E-state index in [0.29, 0.717) is 36.0 Å². The first kappa shape index (κ1) is 24.4. The second kappa shape index (κ2) is 11.0. The molecule has 0 aliphatic carbocycles. The zero-order chi connectivity index (χ0) is 24.0. The Kier molecular flexibility index (Phi) is 8.16. The van der Waals surface area contributed by atoms with Crippen molar-refractivity contribution in [1.82, 2.24) is 9.91 Å². The molecule has 178 valence electrons. The van der Waals surface area contributed by atoms with Gasteiger partial charge >= 0.3 is 0 Å². The van der Waals surface area contributed by atoms with Gasteiger partial charge in [0.25, 0.3) is 5.91 Å². The Bertz CT molecular complexity index is 1000.